The molecule has 0 spiro atoms. The average Bonchev–Trinajstić information content (AvgIpc) is 2.97. The van der Waals surface area contributed by atoms with Crippen LogP contribution in [0.25, 0.3) is 0 Å². The molecule has 0 saturated heterocycles. The molecular formula is C20H22N4O3. The third-order valence-electron chi connectivity index (χ3n) is 4.43. The van der Waals surface area contributed by atoms with Crippen LogP contribution >= 0.6 is 0 Å². The Morgan fingerprint density at radius 2 is 2.07 bits per heavy atom. The lowest BCUT2D eigenvalue weighted by Gasteiger charge is -2.17. The fourth-order valence-corrected chi connectivity index (χ4v) is 3.05. The maximum Gasteiger partial charge on any atom is 0.254 e. The van der Waals surface area contributed by atoms with Crippen molar-refractivity contribution in [2.45, 2.75) is 20.4 Å². The van der Waals surface area contributed by atoms with E-state index in [0.29, 0.717) is 35.7 Å². The second-order valence-corrected chi connectivity index (χ2v) is 6.31. The highest BCUT2D eigenvalue weighted by Crippen LogP contribution is 2.24. The van der Waals surface area contributed by atoms with Crippen molar-refractivity contribution in [2.24, 2.45) is 0 Å². The molecule has 0 fully saturated rings. The van der Waals surface area contributed by atoms with E-state index in [1.807, 2.05) is 26.0 Å². The van der Waals surface area contributed by atoms with Gasteiger partial charge in [-0.25, -0.2) is 4.98 Å². The quantitative estimate of drug-likeness (QED) is 0.764. The molecule has 1 aromatic carbocycles. The second kappa shape index (κ2) is 7.57. The van der Waals surface area contributed by atoms with Crippen LogP contribution in [0, 0.1) is 12.3 Å². The van der Waals surface area contributed by atoms with Crippen molar-refractivity contribution >= 4 is 17.5 Å². The van der Waals surface area contributed by atoms with Crippen molar-refractivity contribution in [1.29, 1.82) is 5.41 Å². The van der Waals surface area contributed by atoms with Gasteiger partial charge in [-0.1, -0.05) is 6.07 Å². The molecule has 3 rings (SSSR count). The number of nitrogens with zero attached hydrogens (tertiary/aromatic N) is 2. The van der Waals surface area contributed by atoms with Crippen molar-refractivity contribution in [3.8, 4) is 5.75 Å². The molecule has 140 valence electrons. The van der Waals surface area contributed by atoms with E-state index in [0.717, 1.165) is 11.3 Å². The Morgan fingerprint density at radius 1 is 1.30 bits per heavy atom. The van der Waals surface area contributed by atoms with Gasteiger partial charge < -0.3 is 15.0 Å². The summed E-state index contributed by atoms with van der Waals surface area (Å²) >= 11 is 0. The van der Waals surface area contributed by atoms with E-state index in [2.05, 4.69) is 10.3 Å². The molecule has 2 aromatic rings. The highest BCUT2D eigenvalue weighted by atomic mass is 16.5. The van der Waals surface area contributed by atoms with Gasteiger partial charge in [0, 0.05) is 30.4 Å². The zero-order chi connectivity index (χ0) is 19.6. The minimum absolute atomic E-state index is 0.0510. The summed E-state index contributed by atoms with van der Waals surface area (Å²) in [5, 5.41) is 10.9. The lowest BCUT2D eigenvalue weighted by Crippen LogP contribution is -2.30. The third kappa shape index (κ3) is 3.67. The van der Waals surface area contributed by atoms with Gasteiger partial charge in [0.05, 0.1) is 18.7 Å². The summed E-state index contributed by atoms with van der Waals surface area (Å²) in [5.74, 6) is 0.209. The van der Waals surface area contributed by atoms with Crippen molar-refractivity contribution in [3.63, 3.8) is 0 Å². The number of pyridine rings is 1. The molecule has 1 amide bonds. The number of aromatic nitrogens is 1. The molecule has 0 bridgehead atoms. The predicted molar refractivity (Wildman–Crippen MR) is 102 cm³/mol. The smallest absolute Gasteiger partial charge is 0.254 e. The van der Waals surface area contributed by atoms with E-state index < -0.39 is 0 Å². The molecule has 0 atom stereocenters. The number of fused-ring (bicyclic) bond motifs is 1. The Bertz CT molecular complexity index is 923. The molecule has 7 nitrogen and oxygen atoms in total. The van der Waals surface area contributed by atoms with Crippen LogP contribution in [0.5, 0.6) is 5.75 Å². The van der Waals surface area contributed by atoms with Crippen LogP contribution < -0.4 is 10.1 Å². The number of hydrogen-bond acceptors (Lipinski definition) is 5. The Morgan fingerprint density at radius 3 is 2.78 bits per heavy atom. The van der Waals surface area contributed by atoms with E-state index in [4.69, 9.17) is 10.1 Å². The van der Waals surface area contributed by atoms with Gasteiger partial charge in [0.1, 0.15) is 17.3 Å². The highest BCUT2D eigenvalue weighted by molar-refractivity contribution is 6.06. The van der Waals surface area contributed by atoms with E-state index in [-0.39, 0.29) is 24.1 Å². The van der Waals surface area contributed by atoms with Gasteiger partial charge in [-0.3, -0.25) is 15.0 Å². The monoisotopic (exact) mass is 366 g/mol. The molecule has 7 heteroatoms. The number of ketones is 1. The fraction of sp³-hybridized carbons (Fsp3) is 0.300. The molecule has 0 unspecified atom stereocenters. The van der Waals surface area contributed by atoms with Crippen LogP contribution in [0.15, 0.2) is 30.3 Å². The van der Waals surface area contributed by atoms with E-state index in [1.165, 1.54) is 7.05 Å². The molecular weight excluding hydrogens is 344 g/mol. The summed E-state index contributed by atoms with van der Waals surface area (Å²) in [6.45, 7) is 4.66. The van der Waals surface area contributed by atoms with Crippen LogP contribution in [-0.4, -0.2) is 47.6 Å². The first-order valence-corrected chi connectivity index (χ1v) is 8.77. The number of hydrogen-bond donors (Lipinski definition) is 2. The summed E-state index contributed by atoms with van der Waals surface area (Å²) in [5.41, 5.74) is 3.14. The summed E-state index contributed by atoms with van der Waals surface area (Å²) in [4.78, 5) is 31.0. The first-order valence-electron chi connectivity index (χ1n) is 8.77. The van der Waals surface area contributed by atoms with Crippen LogP contribution in [-0.2, 0) is 6.54 Å². The molecule has 0 radical (unpaired) electrons. The summed E-state index contributed by atoms with van der Waals surface area (Å²) < 4.78 is 5.47. The van der Waals surface area contributed by atoms with Crippen LogP contribution in [0.1, 0.15) is 44.6 Å². The largest absolute Gasteiger partial charge is 0.493 e. The SMILES string of the molecule is CCOc1ccc(C(=O)CN2Cc3ccc(C)nc3C2=N)cc1C(=O)NC. The van der Waals surface area contributed by atoms with E-state index >= 15 is 0 Å². The van der Waals surface area contributed by atoms with Gasteiger partial charge in [0.25, 0.3) is 5.91 Å². The molecule has 2 N–H and O–H groups in total. The number of amidine groups is 1. The predicted octanol–water partition coefficient (Wildman–Crippen LogP) is 2.17. The molecule has 2 heterocycles. The average molecular weight is 366 g/mol. The number of amides is 1. The lowest BCUT2D eigenvalue weighted by molar-refractivity contribution is 0.0959. The Balaban J connectivity index is 1.81. The number of carbonyl (C=O) groups excluding carboxylic acids is 2. The minimum Gasteiger partial charge on any atom is -0.493 e. The molecule has 0 saturated carbocycles. The number of carbonyl (C=O) groups is 2. The Hall–Kier alpha value is -3.22. The van der Waals surface area contributed by atoms with Gasteiger partial charge in [0.2, 0.25) is 0 Å². The van der Waals surface area contributed by atoms with Crippen molar-refractivity contribution in [1.82, 2.24) is 15.2 Å². The number of benzene rings is 1. The fourth-order valence-electron chi connectivity index (χ4n) is 3.05. The van der Waals surface area contributed by atoms with Crippen LogP contribution in [0.3, 0.4) is 0 Å². The highest BCUT2D eigenvalue weighted by Gasteiger charge is 2.27. The van der Waals surface area contributed by atoms with Crippen LogP contribution in [0.2, 0.25) is 0 Å². The zero-order valence-electron chi connectivity index (χ0n) is 15.6. The molecule has 1 aromatic heterocycles. The van der Waals surface area contributed by atoms with E-state index in [1.54, 1.807) is 23.1 Å². The maximum absolute atomic E-state index is 12.8. The maximum atomic E-state index is 12.8. The van der Waals surface area contributed by atoms with Crippen molar-refractivity contribution < 1.29 is 14.3 Å². The van der Waals surface area contributed by atoms with Gasteiger partial charge in [-0.15, -0.1) is 0 Å². The van der Waals surface area contributed by atoms with Crippen LogP contribution in [0.4, 0.5) is 0 Å². The number of rotatable bonds is 6. The topological polar surface area (TPSA) is 95.4 Å². The number of aryl methyl sites for hydroxylation is 1. The normalized spacial score (nSPS) is 12.7. The molecule has 1 aliphatic rings. The van der Waals surface area contributed by atoms with Crippen molar-refractivity contribution in [2.75, 3.05) is 20.2 Å². The second-order valence-electron chi connectivity index (χ2n) is 6.31. The Labute approximate surface area is 157 Å². The molecule has 1 aliphatic heterocycles. The number of Topliss-reactive ketones (excluding diaryl/α,β-unsaturated/α-hetero) is 1. The minimum atomic E-state index is -0.311. The van der Waals surface area contributed by atoms with Gasteiger partial charge in [0.15, 0.2) is 5.78 Å². The summed E-state index contributed by atoms with van der Waals surface area (Å²) in [6.07, 6.45) is 0. The number of nitrogens with one attached hydrogen (secondary N) is 2. The zero-order valence-corrected chi connectivity index (χ0v) is 15.6. The summed E-state index contributed by atoms with van der Waals surface area (Å²) in [6, 6.07) is 8.67. The number of ether oxygens (including phenoxy) is 1. The Kier molecular flexibility index (Phi) is 5.21. The summed E-state index contributed by atoms with van der Waals surface area (Å²) in [7, 11) is 1.53. The standard InChI is InChI=1S/C20H22N4O3/c1-4-27-17-8-7-13(9-15(17)20(26)22-3)16(25)11-24-10-14-6-5-12(2)23-18(14)19(24)21/h5-9,21H,4,10-11H2,1-3H3,(H,22,26). The first kappa shape index (κ1) is 18.6. The molecule has 0 aliphatic carbocycles. The molecule has 27 heavy (non-hydrogen) atoms. The van der Waals surface area contributed by atoms with Crippen molar-refractivity contribution in [3.05, 3.63) is 58.4 Å². The third-order valence-corrected chi connectivity index (χ3v) is 4.43. The van der Waals surface area contributed by atoms with Gasteiger partial charge in [-0.2, -0.15) is 0 Å². The van der Waals surface area contributed by atoms with Gasteiger partial charge in [-0.05, 0) is 38.1 Å². The van der Waals surface area contributed by atoms with Gasteiger partial charge >= 0.3 is 0 Å². The first-order chi connectivity index (χ1) is 12.9. The van der Waals surface area contributed by atoms with E-state index in [9.17, 15) is 9.59 Å². The lowest BCUT2D eigenvalue weighted by atomic mass is 10.0.